The molecule has 5 aromatic rings. The average molecular weight is 756 g/mol. The fraction of sp³-hybridized carbons (Fsp3) is 0.333. The third kappa shape index (κ3) is 5.19. The number of aryl methyl sites for hydroxylation is 1. The van der Waals surface area contributed by atoms with Crippen LogP contribution in [0.1, 0.15) is 48.3 Å². The van der Waals surface area contributed by atoms with E-state index in [1.165, 1.54) is 15.7 Å². The van der Waals surface area contributed by atoms with Crippen molar-refractivity contribution in [3.8, 4) is 17.2 Å². The third-order valence-electron chi connectivity index (χ3n) is 8.97. The third-order valence-corrected chi connectivity index (χ3v) is 9.99. The number of likely N-dealkylation sites (tertiary alicyclic amines) is 1. The molecule has 2 aliphatic rings. The summed E-state index contributed by atoms with van der Waals surface area (Å²) in [5, 5.41) is 0. The molecule has 0 spiro atoms. The van der Waals surface area contributed by atoms with E-state index in [0.29, 0.717) is 26.9 Å². The number of rotatable bonds is 4. The van der Waals surface area contributed by atoms with E-state index in [2.05, 4.69) is 87.3 Å². The molecule has 7 rings (SSSR count). The van der Waals surface area contributed by atoms with Gasteiger partial charge in [-0.2, -0.15) is 0 Å². The van der Waals surface area contributed by atoms with E-state index in [-0.39, 0.29) is 5.41 Å². The predicted octanol–water partition coefficient (Wildman–Crippen LogP) is 7.72. The van der Waals surface area contributed by atoms with Gasteiger partial charge in [0.1, 0.15) is 0 Å². The minimum absolute atomic E-state index is 0.0219. The zero-order chi connectivity index (χ0) is 32.4. The molecule has 4 heterocycles. The Labute approximate surface area is 269 Å². The molecule has 224 valence electrons. The van der Waals surface area contributed by atoms with Crippen LogP contribution in [0.25, 0.3) is 16.7 Å². The van der Waals surface area contributed by atoms with Gasteiger partial charge in [-0.1, -0.05) is 20.8 Å². The van der Waals surface area contributed by atoms with Crippen molar-refractivity contribution in [2.75, 3.05) is 31.6 Å². The van der Waals surface area contributed by atoms with E-state index in [1.807, 2.05) is 59.3 Å². The van der Waals surface area contributed by atoms with Gasteiger partial charge in [0.15, 0.2) is 0 Å². The molecule has 7 heteroatoms. The van der Waals surface area contributed by atoms with Crippen molar-refractivity contribution in [1.82, 2.24) is 19.0 Å². The fourth-order valence-corrected chi connectivity index (χ4v) is 7.48. The van der Waals surface area contributed by atoms with Crippen molar-refractivity contribution in [3.63, 3.8) is 0 Å². The van der Waals surface area contributed by atoms with E-state index < -0.39 is 6.98 Å². The topological polar surface area (TPSA) is 38.5 Å². The fourth-order valence-electron chi connectivity index (χ4n) is 6.64. The van der Waals surface area contributed by atoms with Gasteiger partial charge in [-0.3, -0.25) is 0 Å². The van der Waals surface area contributed by atoms with Crippen molar-refractivity contribution in [2.24, 2.45) is 12.9 Å². The summed E-state index contributed by atoms with van der Waals surface area (Å²) in [7, 11) is 2.22. The van der Waals surface area contributed by atoms with Crippen molar-refractivity contribution in [3.05, 3.63) is 100.0 Å². The Balaban J connectivity index is 1.28. The van der Waals surface area contributed by atoms with Gasteiger partial charge in [0, 0.05) is 6.20 Å². The van der Waals surface area contributed by atoms with Gasteiger partial charge in [0.2, 0.25) is 0 Å². The summed E-state index contributed by atoms with van der Waals surface area (Å²) in [4.78, 5) is 9.70. The van der Waals surface area contributed by atoms with Crippen LogP contribution in [-0.2, 0) is 31.7 Å². The molecule has 1 fully saturated rings. The van der Waals surface area contributed by atoms with Crippen LogP contribution in [0.5, 0.6) is 11.5 Å². The number of piperidine rings is 1. The Morgan fingerprint density at radius 3 is 2.56 bits per heavy atom. The number of pyridine rings is 1. The summed E-state index contributed by atoms with van der Waals surface area (Å²) in [6.07, 6.45) is 3.10. The van der Waals surface area contributed by atoms with Gasteiger partial charge in [-0.25, -0.2) is 0 Å². The normalized spacial score (nSPS) is 20.2. The second kappa shape index (κ2) is 10.9. The van der Waals surface area contributed by atoms with E-state index in [0.717, 1.165) is 54.5 Å². The summed E-state index contributed by atoms with van der Waals surface area (Å²) in [5.74, 6) is 3.42. The first-order chi connectivity index (χ1) is 21.9. The van der Waals surface area contributed by atoms with Crippen LogP contribution in [0, 0.1) is 9.72 Å². The van der Waals surface area contributed by atoms with E-state index in [9.17, 15) is 0 Å². The minimum atomic E-state index is -2.31. The Morgan fingerprint density at radius 2 is 1.74 bits per heavy atom. The maximum atomic E-state index is 8.17. The summed E-state index contributed by atoms with van der Waals surface area (Å²) in [6.45, 7) is 7.49. The molecule has 0 bridgehead atoms. The zero-order valence-electron chi connectivity index (χ0n) is 28.0. The van der Waals surface area contributed by atoms with Crippen LogP contribution in [0.3, 0.4) is 0 Å². The van der Waals surface area contributed by atoms with E-state index in [4.69, 9.17) is 13.8 Å². The number of benzene rings is 3. The molecule has 2 unspecified atom stereocenters. The summed E-state index contributed by atoms with van der Waals surface area (Å²) in [5.41, 5.74) is 6.08. The van der Waals surface area contributed by atoms with E-state index >= 15 is 0 Å². The number of ether oxygens (including phenoxy) is 1. The maximum absolute atomic E-state index is 8.17. The molecule has 43 heavy (non-hydrogen) atoms. The quantitative estimate of drug-likeness (QED) is 0.189. The summed E-state index contributed by atoms with van der Waals surface area (Å²) >= 11 is 2.10. The van der Waals surface area contributed by atoms with Gasteiger partial charge in [0.05, 0.1) is 0 Å². The van der Waals surface area contributed by atoms with Crippen LogP contribution < -0.4 is 9.64 Å². The molecule has 1 saturated heterocycles. The number of likely N-dealkylation sites (N-methyl/N-ethyl adjacent to an activating group) is 1. The Bertz CT molecular complexity index is 1990. The molecule has 3 aromatic carbocycles. The van der Waals surface area contributed by atoms with E-state index in [1.54, 1.807) is 0 Å². The van der Waals surface area contributed by atoms with Gasteiger partial charge >= 0.3 is 201 Å². The number of aromatic nitrogens is 3. The molecular formula is C36H39N5OPt. The number of hydrogen-bond acceptors (Lipinski definition) is 4. The van der Waals surface area contributed by atoms with Gasteiger partial charge in [-0.05, 0) is 37.1 Å². The monoisotopic (exact) mass is 755 g/mol. The Hall–Kier alpha value is -3.47. The Kier molecular flexibility index (Phi) is 6.32. The van der Waals surface area contributed by atoms with Gasteiger partial charge < -0.3 is 4.90 Å². The summed E-state index contributed by atoms with van der Waals surface area (Å²) < 4.78 is 35.0. The zero-order valence-corrected chi connectivity index (χ0v) is 27.3. The van der Waals surface area contributed by atoms with Gasteiger partial charge in [-0.15, -0.1) is 0 Å². The van der Waals surface area contributed by atoms with Crippen LogP contribution in [0.15, 0.2) is 85.1 Å². The SMILES string of the molecule is [2H]C([2H])([2H])n1[c](=[Pt])n(-c2cccc(Oc3ccc4c(c3)N(c3cc(C(C)(C)C)ccn3)CC3CCN(C)CC43)c2)c2ccccc21. The average Bonchev–Trinajstić information content (AvgIpc) is 3.32. The standard InChI is InChI=1S/C36H39N5O.Pt/c1-36(2,3)26-15-17-37-35(19-26)40-22-25-16-18-38(4)23-31(25)30-14-13-29(21-34(30)40)42-28-10-8-9-27(20-28)41-24-39(5)32-11-6-7-12-33(32)41;/h6-15,17,19-21,25,31H,16,18,22-23H2,1-5H3;/i5D3;. The first-order valence-corrected chi connectivity index (χ1v) is 16.1. The molecule has 6 nitrogen and oxygen atoms in total. The molecule has 0 aliphatic carbocycles. The second-order valence-corrected chi connectivity index (χ2v) is 13.9. The molecule has 0 N–H and O–H groups in total. The predicted molar refractivity (Wildman–Crippen MR) is 170 cm³/mol. The first kappa shape index (κ1) is 24.9. The molecule has 0 saturated carbocycles. The number of nitrogens with zero attached hydrogens (tertiary/aromatic N) is 5. The second-order valence-electron chi connectivity index (χ2n) is 12.9. The number of imidazole rings is 1. The molecular weight excluding hydrogens is 714 g/mol. The first-order valence-electron chi connectivity index (χ1n) is 16.4. The van der Waals surface area contributed by atoms with Crippen LogP contribution in [0.4, 0.5) is 11.5 Å². The number of anilines is 2. The Morgan fingerprint density at radius 1 is 0.930 bits per heavy atom. The molecule has 2 aromatic heterocycles. The van der Waals surface area contributed by atoms with Crippen molar-refractivity contribution >= 4 is 22.5 Å². The summed E-state index contributed by atoms with van der Waals surface area (Å²) in [6, 6.07) is 26.3. The van der Waals surface area contributed by atoms with Crippen molar-refractivity contribution in [2.45, 2.75) is 38.5 Å². The molecule has 0 radical (unpaired) electrons. The molecule has 2 atom stereocenters. The molecule has 0 amide bonds. The number of fused-ring (bicyclic) bond motifs is 4. The van der Waals surface area contributed by atoms with Crippen molar-refractivity contribution < 1.29 is 28.2 Å². The number of para-hydroxylation sites is 2. The van der Waals surface area contributed by atoms with Crippen LogP contribution >= 0.6 is 0 Å². The van der Waals surface area contributed by atoms with Crippen molar-refractivity contribution in [1.29, 1.82) is 0 Å². The van der Waals surface area contributed by atoms with Crippen LogP contribution in [0.2, 0.25) is 0 Å². The van der Waals surface area contributed by atoms with Crippen LogP contribution in [-0.4, -0.2) is 45.7 Å². The van der Waals surface area contributed by atoms with Gasteiger partial charge in [0.25, 0.3) is 0 Å². The molecule has 2 aliphatic heterocycles. The number of hydrogen-bond donors (Lipinski definition) is 0.